The van der Waals surface area contributed by atoms with Gasteiger partial charge in [-0.1, -0.05) is 66.2 Å². The van der Waals surface area contributed by atoms with Crippen molar-refractivity contribution in [2.75, 3.05) is 10.6 Å². The van der Waals surface area contributed by atoms with Gasteiger partial charge < -0.3 is 10.6 Å². The number of urea groups is 1. The second-order valence-corrected chi connectivity index (χ2v) is 8.59. The van der Waals surface area contributed by atoms with E-state index in [-0.39, 0.29) is 0 Å². The van der Waals surface area contributed by atoms with Gasteiger partial charge in [-0.05, 0) is 50.1 Å². The Morgan fingerprint density at radius 3 is 2.23 bits per heavy atom. The summed E-state index contributed by atoms with van der Waals surface area (Å²) in [6.07, 6.45) is 1.59. The van der Waals surface area contributed by atoms with Gasteiger partial charge in [0.05, 0.1) is 28.3 Å². The summed E-state index contributed by atoms with van der Waals surface area (Å²) in [7, 11) is 0. The summed E-state index contributed by atoms with van der Waals surface area (Å²) in [6, 6.07) is 22.1. The first-order valence-corrected chi connectivity index (χ1v) is 11.2. The van der Waals surface area contributed by atoms with Gasteiger partial charge in [-0.3, -0.25) is 0 Å². The molecule has 1 heterocycles. The number of hydrogen-bond acceptors (Lipinski definition) is 3. The monoisotopic (exact) mass is 556 g/mol. The van der Waals surface area contributed by atoms with E-state index in [9.17, 15) is 4.79 Å². The van der Waals surface area contributed by atoms with Gasteiger partial charge in [0.1, 0.15) is 0 Å². The lowest BCUT2D eigenvalue weighted by Gasteiger charge is -2.14. The maximum atomic E-state index is 12.8. The van der Waals surface area contributed by atoms with Gasteiger partial charge in [0.25, 0.3) is 0 Å². The van der Waals surface area contributed by atoms with Gasteiger partial charge in [-0.15, -0.1) is 0 Å². The molecular formula is C23H15Br2ClN4O. The molecule has 0 radical (unpaired) electrons. The second kappa shape index (κ2) is 9.60. The van der Waals surface area contributed by atoms with Crippen molar-refractivity contribution < 1.29 is 4.79 Å². The summed E-state index contributed by atoms with van der Waals surface area (Å²) < 4.78 is 1.50. The first-order valence-electron chi connectivity index (χ1n) is 9.22. The quantitative estimate of drug-likeness (QED) is 0.271. The average Bonchev–Trinajstić information content (AvgIpc) is 2.78. The van der Waals surface area contributed by atoms with Crippen LogP contribution in [0.2, 0.25) is 5.02 Å². The number of aromatic nitrogens is 2. The molecule has 0 aliphatic rings. The van der Waals surface area contributed by atoms with Crippen molar-refractivity contribution in [3.8, 4) is 22.6 Å². The highest BCUT2D eigenvalue weighted by atomic mass is 79.9. The maximum Gasteiger partial charge on any atom is 0.323 e. The Kier molecular flexibility index (Phi) is 6.65. The van der Waals surface area contributed by atoms with Gasteiger partial charge in [-0.2, -0.15) is 0 Å². The summed E-state index contributed by atoms with van der Waals surface area (Å²) in [5.74, 6) is 0.537. The molecule has 0 saturated carbocycles. The van der Waals surface area contributed by atoms with E-state index < -0.39 is 6.03 Å². The summed E-state index contributed by atoms with van der Waals surface area (Å²) in [5.41, 5.74) is 3.14. The zero-order valence-corrected chi connectivity index (χ0v) is 19.9. The Bertz CT molecular complexity index is 1230. The molecule has 0 atom stereocenters. The maximum absolute atomic E-state index is 12.8. The predicted molar refractivity (Wildman–Crippen MR) is 132 cm³/mol. The van der Waals surface area contributed by atoms with Crippen LogP contribution in [0.25, 0.3) is 22.6 Å². The minimum Gasteiger partial charge on any atom is -0.306 e. The van der Waals surface area contributed by atoms with E-state index in [1.165, 1.54) is 0 Å². The van der Waals surface area contributed by atoms with E-state index >= 15 is 0 Å². The van der Waals surface area contributed by atoms with Crippen LogP contribution < -0.4 is 10.6 Å². The molecule has 0 aliphatic heterocycles. The molecule has 0 bridgehead atoms. The molecule has 0 unspecified atom stereocenters. The summed E-state index contributed by atoms with van der Waals surface area (Å²) in [4.78, 5) is 21.9. The highest BCUT2D eigenvalue weighted by molar-refractivity contribution is 9.11. The Labute approximate surface area is 201 Å². The molecule has 0 aliphatic carbocycles. The number of rotatable bonds is 4. The molecule has 4 aromatic rings. The molecule has 4 rings (SSSR count). The molecule has 2 amide bonds. The van der Waals surface area contributed by atoms with E-state index in [2.05, 4.69) is 47.5 Å². The highest BCUT2D eigenvalue weighted by Gasteiger charge is 2.16. The number of halogens is 3. The number of anilines is 2. The van der Waals surface area contributed by atoms with E-state index in [4.69, 9.17) is 16.6 Å². The molecule has 2 N–H and O–H groups in total. The Balaban J connectivity index is 1.71. The molecule has 0 spiro atoms. The zero-order valence-electron chi connectivity index (χ0n) is 15.9. The predicted octanol–water partition coefficient (Wildman–Crippen LogP) is 7.63. The average molecular weight is 559 g/mol. The van der Waals surface area contributed by atoms with Crippen molar-refractivity contribution in [1.82, 2.24) is 9.97 Å². The van der Waals surface area contributed by atoms with E-state index in [0.29, 0.717) is 33.5 Å². The molecule has 3 aromatic carbocycles. The van der Waals surface area contributed by atoms with Gasteiger partial charge in [0, 0.05) is 20.1 Å². The van der Waals surface area contributed by atoms with Crippen LogP contribution in [0.15, 0.2) is 87.9 Å². The minimum atomic E-state index is -0.433. The fourth-order valence-electron chi connectivity index (χ4n) is 2.94. The third-order valence-electron chi connectivity index (χ3n) is 4.40. The summed E-state index contributed by atoms with van der Waals surface area (Å²) >= 11 is 13.3. The lowest BCUT2D eigenvalue weighted by Crippen LogP contribution is -2.21. The van der Waals surface area contributed by atoms with Crippen LogP contribution in [0.4, 0.5) is 16.2 Å². The SMILES string of the molecule is O=C(Nc1cnc(-c2ccccc2)nc1-c1ccccc1Cl)Nc1c(Br)cccc1Br. The largest absolute Gasteiger partial charge is 0.323 e. The van der Waals surface area contributed by atoms with Gasteiger partial charge in [-0.25, -0.2) is 14.8 Å². The fraction of sp³-hybridized carbons (Fsp3) is 0. The lowest BCUT2D eigenvalue weighted by molar-refractivity contribution is 0.262. The van der Waals surface area contributed by atoms with Crippen LogP contribution in [0.5, 0.6) is 0 Å². The number of benzene rings is 3. The van der Waals surface area contributed by atoms with Crippen molar-refractivity contribution in [3.05, 3.63) is 93.0 Å². The molecular weight excluding hydrogens is 544 g/mol. The van der Waals surface area contributed by atoms with Crippen molar-refractivity contribution in [1.29, 1.82) is 0 Å². The van der Waals surface area contributed by atoms with E-state index in [0.717, 1.165) is 14.5 Å². The van der Waals surface area contributed by atoms with E-state index in [1.807, 2.05) is 66.7 Å². The second-order valence-electron chi connectivity index (χ2n) is 6.48. The molecule has 8 heteroatoms. The topological polar surface area (TPSA) is 66.9 Å². The van der Waals surface area contributed by atoms with Crippen LogP contribution in [-0.2, 0) is 0 Å². The Morgan fingerprint density at radius 1 is 0.839 bits per heavy atom. The first-order chi connectivity index (χ1) is 15.0. The van der Waals surface area contributed by atoms with Crippen LogP contribution >= 0.6 is 43.5 Å². The molecule has 0 fully saturated rings. The first kappa shape index (κ1) is 21.5. The van der Waals surface area contributed by atoms with Crippen LogP contribution in [0, 0.1) is 0 Å². The molecule has 31 heavy (non-hydrogen) atoms. The Hall–Kier alpha value is -2.74. The third kappa shape index (κ3) is 4.95. The summed E-state index contributed by atoms with van der Waals surface area (Å²) in [6.45, 7) is 0. The number of amides is 2. The zero-order chi connectivity index (χ0) is 21.8. The summed E-state index contributed by atoms with van der Waals surface area (Å²) in [5, 5.41) is 6.20. The van der Waals surface area contributed by atoms with Crippen molar-refractivity contribution in [2.24, 2.45) is 0 Å². The fourth-order valence-corrected chi connectivity index (χ4v) is 4.36. The number of nitrogens with one attached hydrogen (secondary N) is 2. The smallest absolute Gasteiger partial charge is 0.306 e. The molecule has 0 saturated heterocycles. The van der Waals surface area contributed by atoms with Crippen LogP contribution in [0.3, 0.4) is 0 Å². The van der Waals surface area contributed by atoms with Crippen molar-refractivity contribution in [2.45, 2.75) is 0 Å². The minimum absolute atomic E-state index is 0.433. The number of carbonyl (C=O) groups is 1. The normalized spacial score (nSPS) is 10.5. The highest BCUT2D eigenvalue weighted by Crippen LogP contribution is 2.34. The molecule has 5 nitrogen and oxygen atoms in total. The van der Waals surface area contributed by atoms with Crippen LogP contribution in [0.1, 0.15) is 0 Å². The molecule has 154 valence electrons. The van der Waals surface area contributed by atoms with Gasteiger partial charge >= 0.3 is 6.03 Å². The lowest BCUT2D eigenvalue weighted by atomic mass is 10.1. The Morgan fingerprint density at radius 2 is 1.52 bits per heavy atom. The van der Waals surface area contributed by atoms with E-state index in [1.54, 1.807) is 12.3 Å². The number of nitrogens with zero attached hydrogens (tertiary/aromatic N) is 2. The van der Waals surface area contributed by atoms with Crippen molar-refractivity contribution >= 4 is 60.9 Å². The third-order valence-corrected chi connectivity index (χ3v) is 6.05. The number of carbonyl (C=O) groups excluding carboxylic acids is 1. The van der Waals surface area contributed by atoms with Crippen LogP contribution in [-0.4, -0.2) is 16.0 Å². The van der Waals surface area contributed by atoms with Crippen molar-refractivity contribution in [3.63, 3.8) is 0 Å². The number of para-hydroxylation sites is 1. The van der Waals surface area contributed by atoms with Gasteiger partial charge in [0.2, 0.25) is 0 Å². The van der Waals surface area contributed by atoms with Gasteiger partial charge in [0.15, 0.2) is 5.82 Å². The molecule has 1 aromatic heterocycles. The standard InChI is InChI=1S/C23H15Br2ClN4O/c24-16-10-6-11-17(25)21(16)30-23(31)28-19-13-27-22(14-7-2-1-3-8-14)29-20(19)15-9-4-5-12-18(15)26/h1-13H,(H2,28,30,31). The number of hydrogen-bond donors (Lipinski definition) is 2.